The highest BCUT2D eigenvalue weighted by Crippen LogP contribution is 2.26. The van der Waals surface area contributed by atoms with Crippen LogP contribution in [0.1, 0.15) is 63.7 Å². The van der Waals surface area contributed by atoms with Crippen molar-refractivity contribution >= 4 is 35.0 Å². The summed E-state index contributed by atoms with van der Waals surface area (Å²) in [4.78, 5) is 38.5. The minimum absolute atomic E-state index is 0.00722. The SMILES string of the molecule is CCN(CC)C(=O)c1ccc(NC(=O)CSCc2c(C)cc(C)c(C(C)=O)c2C)cc1. The van der Waals surface area contributed by atoms with E-state index in [1.807, 2.05) is 40.7 Å². The van der Waals surface area contributed by atoms with Gasteiger partial charge in [0, 0.05) is 35.7 Å². The van der Waals surface area contributed by atoms with E-state index in [4.69, 9.17) is 0 Å². The van der Waals surface area contributed by atoms with Crippen LogP contribution >= 0.6 is 11.8 Å². The largest absolute Gasteiger partial charge is 0.339 e. The quantitative estimate of drug-likeness (QED) is 0.547. The van der Waals surface area contributed by atoms with Gasteiger partial charge in [-0.25, -0.2) is 0 Å². The third-order valence-electron chi connectivity index (χ3n) is 5.43. The summed E-state index contributed by atoms with van der Waals surface area (Å²) in [5.74, 6) is 0.946. The lowest BCUT2D eigenvalue weighted by Crippen LogP contribution is -2.30. The molecule has 0 aliphatic heterocycles. The summed E-state index contributed by atoms with van der Waals surface area (Å²) in [6.45, 7) is 12.8. The van der Waals surface area contributed by atoms with Crippen molar-refractivity contribution in [1.29, 1.82) is 0 Å². The first-order chi connectivity index (χ1) is 14.7. The Labute approximate surface area is 189 Å². The zero-order chi connectivity index (χ0) is 23.1. The number of carbonyl (C=O) groups excluding carboxylic acids is 3. The monoisotopic (exact) mass is 440 g/mol. The van der Waals surface area contributed by atoms with Crippen LogP contribution in [-0.2, 0) is 10.5 Å². The van der Waals surface area contributed by atoms with Gasteiger partial charge in [0.05, 0.1) is 5.75 Å². The summed E-state index contributed by atoms with van der Waals surface area (Å²) in [5, 5.41) is 2.88. The Morgan fingerprint density at radius 1 is 0.968 bits per heavy atom. The standard InChI is InChI=1S/C25H32N2O3S/c1-7-27(8-2)25(30)20-9-11-21(12-10-20)26-23(29)15-31-14-22-16(3)13-17(4)24(18(22)5)19(6)28/h9-13H,7-8,14-15H2,1-6H3,(H,26,29). The van der Waals surface area contributed by atoms with Gasteiger partial charge in [-0.2, -0.15) is 0 Å². The van der Waals surface area contributed by atoms with E-state index in [0.29, 0.717) is 35.8 Å². The first-order valence-electron chi connectivity index (χ1n) is 10.6. The Morgan fingerprint density at radius 2 is 1.58 bits per heavy atom. The molecule has 166 valence electrons. The van der Waals surface area contributed by atoms with Crippen LogP contribution in [0, 0.1) is 20.8 Å². The van der Waals surface area contributed by atoms with E-state index in [-0.39, 0.29) is 17.6 Å². The highest BCUT2D eigenvalue weighted by molar-refractivity contribution is 7.99. The lowest BCUT2D eigenvalue weighted by molar-refractivity contribution is -0.113. The molecular weight excluding hydrogens is 408 g/mol. The molecule has 0 unspecified atom stereocenters. The predicted octanol–water partition coefficient (Wildman–Crippen LogP) is 5.17. The molecule has 2 aromatic rings. The van der Waals surface area contributed by atoms with Crippen molar-refractivity contribution in [2.24, 2.45) is 0 Å². The van der Waals surface area contributed by atoms with Gasteiger partial charge in [-0.3, -0.25) is 14.4 Å². The summed E-state index contributed by atoms with van der Waals surface area (Å²) in [7, 11) is 0. The van der Waals surface area contributed by atoms with Crippen LogP contribution in [0.2, 0.25) is 0 Å². The zero-order valence-corrected chi connectivity index (χ0v) is 20.1. The van der Waals surface area contributed by atoms with Crippen molar-refractivity contribution in [3.05, 3.63) is 63.7 Å². The first kappa shape index (κ1) is 24.7. The van der Waals surface area contributed by atoms with Crippen LogP contribution < -0.4 is 5.32 Å². The number of hydrogen-bond acceptors (Lipinski definition) is 4. The van der Waals surface area contributed by atoms with Gasteiger partial charge >= 0.3 is 0 Å². The van der Waals surface area contributed by atoms with Crippen LogP contribution in [0.25, 0.3) is 0 Å². The van der Waals surface area contributed by atoms with Gasteiger partial charge in [-0.1, -0.05) is 6.07 Å². The van der Waals surface area contributed by atoms with E-state index in [9.17, 15) is 14.4 Å². The molecule has 0 saturated heterocycles. The van der Waals surface area contributed by atoms with Crippen molar-refractivity contribution in [1.82, 2.24) is 4.90 Å². The van der Waals surface area contributed by atoms with E-state index in [2.05, 4.69) is 5.32 Å². The number of ketones is 1. The molecule has 31 heavy (non-hydrogen) atoms. The molecule has 1 N–H and O–H groups in total. The summed E-state index contributed by atoms with van der Waals surface area (Å²) in [6, 6.07) is 9.04. The van der Waals surface area contributed by atoms with E-state index >= 15 is 0 Å². The summed E-state index contributed by atoms with van der Waals surface area (Å²) >= 11 is 1.52. The number of aryl methyl sites for hydroxylation is 2. The second kappa shape index (κ2) is 11.1. The number of nitrogens with one attached hydrogen (secondary N) is 1. The van der Waals surface area contributed by atoms with Gasteiger partial charge in [0.25, 0.3) is 5.91 Å². The topological polar surface area (TPSA) is 66.5 Å². The number of Topliss-reactive ketones (excluding diaryl/α,β-unsaturated/α-hetero) is 1. The van der Waals surface area contributed by atoms with E-state index in [0.717, 1.165) is 27.8 Å². The fourth-order valence-electron chi connectivity index (χ4n) is 3.82. The number of thioether (sulfide) groups is 1. The van der Waals surface area contributed by atoms with Crippen LogP contribution in [0.15, 0.2) is 30.3 Å². The maximum atomic E-state index is 12.4. The molecular formula is C25H32N2O3S. The molecule has 0 atom stereocenters. The third-order valence-corrected chi connectivity index (χ3v) is 6.39. The van der Waals surface area contributed by atoms with Gasteiger partial charge in [-0.05, 0) is 88.1 Å². The van der Waals surface area contributed by atoms with Gasteiger partial charge in [0.2, 0.25) is 5.91 Å². The number of benzene rings is 2. The smallest absolute Gasteiger partial charge is 0.253 e. The second-order valence-electron chi connectivity index (χ2n) is 7.64. The Morgan fingerprint density at radius 3 is 2.13 bits per heavy atom. The van der Waals surface area contributed by atoms with Crippen LogP contribution in [0.3, 0.4) is 0 Å². The maximum absolute atomic E-state index is 12.4. The minimum atomic E-state index is -0.0953. The van der Waals surface area contributed by atoms with Crippen LogP contribution in [0.4, 0.5) is 5.69 Å². The number of amides is 2. The lowest BCUT2D eigenvalue weighted by Gasteiger charge is -2.18. The molecule has 0 heterocycles. The molecule has 0 radical (unpaired) electrons. The van der Waals surface area contributed by atoms with E-state index < -0.39 is 0 Å². The summed E-state index contributed by atoms with van der Waals surface area (Å²) in [6.07, 6.45) is 0. The molecule has 0 aliphatic carbocycles. The number of anilines is 1. The Kier molecular flexibility index (Phi) is 8.87. The molecule has 0 aliphatic rings. The molecule has 5 nitrogen and oxygen atoms in total. The fraction of sp³-hybridized carbons (Fsp3) is 0.400. The number of nitrogens with zero attached hydrogens (tertiary/aromatic N) is 1. The number of carbonyl (C=O) groups is 3. The predicted molar refractivity (Wildman–Crippen MR) is 129 cm³/mol. The summed E-state index contributed by atoms with van der Waals surface area (Å²) in [5.41, 5.74) is 6.33. The van der Waals surface area contributed by atoms with Crippen molar-refractivity contribution in [3.8, 4) is 0 Å². The van der Waals surface area contributed by atoms with E-state index in [1.165, 1.54) is 11.8 Å². The van der Waals surface area contributed by atoms with Crippen LogP contribution in [0.5, 0.6) is 0 Å². The molecule has 0 aromatic heterocycles. The number of rotatable bonds is 9. The average molecular weight is 441 g/mol. The molecule has 0 fully saturated rings. The lowest BCUT2D eigenvalue weighted by atomic mass is 9.92. The molecule has 2 amide bonds. The van der Waals surface area contributed by atoms with Gasteiger partial charge in [0.15, 0.2) is 5.78 Å². The van der Waals surface area contributed by atoms with Crippen molar-refractivity contribution in [2.75, 3.05) is 24.2 Å². The van der Waals surface area contributed by atoms with Gasteiger partial charge in [0.1, 0.15) is 0 Å². The van der Waals surface area contributed by atoms with Gasteiger partial charge in [-0.15, -0.1) is 11.8 Å². The minimum Gasteiger partial charge on any atom is -0.339 e. The highest BCUT2D eigenvalue weighted by atomic mass is 32.2. The zero-order valence-electron chi connectivity index (χ0n) is 19.3. The van der Waals surface area contributed by atoms with Crippen LogP contribution in [-0.4, -0.2) is 41.3 Å². The molecule has 2 aromatic carbocycles. The maximum Gasteiger partial charge on any atom is 0.253 e. The Balaban J connectivity index is 1.96. The molecule has 0 spiro atoms. The normalized spacial score (nSPS) is 10.6. The molecule has 2 rings (SSSR count). The first-order valence-corrected chi connectivity index (χ1v) is 11.7. The van der Waals surface area contributed by atoms with Crippen molar-refractivity contribution < 1.29 is 14.4 Å². The average Bonchev–Trinajstić information content (AvgIpc) is 2.71. The molecule has 6 heteroatoms. The van der Waals surface area contributed by atoms with Crippen molar-refractivity contribution in [3.63, 3.8) is 0 Å². The fourth-order valence-corrected chi connectivity index (χ4v) is 4.83. The van der Waals surface area contributed by atoms with E-state index in [1.54, 1.807) is 36.1 Å². The van der Waals surface area contributed by atoms with Gasteiger partial charge < -0.3 is 10.2 Å². The Bertz CT molecular complexity index is 964. The third kappa shape index (κ3) is 6.20. The molecule has 0 saturated carbocycles. The number of hydrogen-bond donors (Lipinski definition) is 1. The summed E-state index contributed by atoms with van der Waals surface area (Å²) < 4.78 is 0. The second-order valence-corrected chi connectivity index (χ2v) is 8.63. The Hall–Kier alpha value is -2.60. The molecule has 0 bridgehead atoms. The highest BCUT2D eigenvalue weighted by Gasteiger charge is 2.15. The van der Waals surface area contributed by atoms with Crippen molar-refractivity contribution in [2.45, 2.75) is 47.3 Å².